The lowest BCUT2D eigenvalue weighted by molar-refractivity contribution is -0.139. The predicted molar refractivity (Wildman–Crippen MR) is 68.3 cm³/mol. The number of nitrogens with one attached hydrogen (secondary N) is 2. The molecular weight excluding hydrogens is 349 g/mol. The Kier molecular flexibility index (Phi) is 5.36. The Morgan fingerprint density at radius 3 is 2.42 bits per heavy atom. The molecule has 0 heterocycles. The second-order valence-corrected chi connectivity index (χ2v) is 6.29. The highest BCUT2D eigenvalue weighted by Crippen LogP contribution is 2.35. The largest absolute Gasteiger partial charge is 0.417 e. The third kappa shape index (κ3) is 4.44. The molecule has 0 aliphatic rings. The van der Waals surface area contributed by atoms with Crippen molar-refractivity contribution in [3.05, 3.63) is 28.2 Å². The summed E-state index contributed by atoms with van der Waals surface area (Å²) in [5, 5.41) is 2.69. The zero-order valence-corrected chi connectivity index (χ0v) is 12.3. The second-order valence-electron chi connectivity index (χ2n) is 3.64. The molecule has 0 spiro atoms. The van der Waals surface area contributed by atoms with Gasteiger partial charge in [0.05, 0.1) is 10.5 Å². The van der Waals surface area contributed by atoms with Crippen LogP contribution in [0, 0.1) is 0 Å². The normalized spacial score (nSPS) is 12.7. The summed E-state index contributed by atoms with van der Waals surface area (Å²) >= 11 is 2.89. The van der Waals surface area contributed by atoms with Crippen molar-refractivity contribution in [1.82, 2.24) is 10.0 Å². The predicted octanol–water partition coefficient (Wildman–Crippen LogP) is 1.97. The number of halogens is 4. The Morgan fingerprint density at radius 2 is 1.89 bits per heavy atom. The smallest absolute Gasteiger partial charge is 0.318 e. The SMILES string of the molecule is CNCCNS(=O)(=O)c1ccc(Br)cc1C(F)(F)F. The molecule has 0 saturated carbocycles. The van der Waals surface area contributed by atoms with Crippen molar-refractivity contribution in [3.63, 3.8) is 0 Å². The molecule has 108 valence electrons. The second kappa shape index (κ2) is 6.21. The first-order valence-corrected chi connectivity index (χ1v) is 7.47. The quantitative estimate of drug-likeness (QED) is 0.789. The van der Waals surface area contributed by atoms with Gasteiger partial charge < -0.3 is 5.32 Å². The molecule has 0 atom stereocenters. The molecule has 0 saturated heterocycles. The van der Waals surface area contributed by atoms with Gasteiger partial charge in [0.15, 0.2) is 0 Å². The van der Waals surface area contributed by atoms with E-state index >= 15 is 0 Å². The van der Waals surface area contributed by atoms with Crippen molar-refractivity contribution in [2.75, 3.05) is 20.1 Å². The average Bonchev–Trinajstić information content (AvgIpc) is 2.27. The number of hydrogen-bond acceptors (Lipinski definition) is 3. The van der Waals surface area contributed by atoms with E-state index in [1.165, 1.54) is 6.07 Å². The Labute approximate surface area is 117 Å². The molecule has 1 aromatic carbocycles. The Hall–Kier alpha value is -0.640. The zero-order valence-electron chi connectivity index (χ0n) is 9.88. The van der Waals surface area contributed by atoms with Crippen molar-refractivity contribution >= 4 is 26.0 Å². The van der Waals surface area contributed by atoms with Crippen LogP contribution in [-0.4, -0.2) is 28.6 Å². The van der Waals surface area contributed by atoms with Crippen molar-refractivity contribution in [3.8, 4) is 0 Å². The summed E-state index contributed by atoms with van der Waals surface area (Å²) < 4.78 is 64.4. The van der Waals surface area contributed by atoms with Crippen molar-refractivity contribution < 1.29 is 21.6 Å². The topological polar surface area (TPSA) is 58.2 Å². The van der Waals surface area contributed by atoms with Crippen molar-refractivity contribution in [2.24, 2.45) is 0 Å². The molecule has 0 amide bonds. The molecule has 4 nitrogen and oxygen atoms in total. The molecule has 0 aliphatic heterocycles. The molecule has 2 N–H and O–H groups in total. The number of hydrogen-bond donors (Lipinski definition) is 2. The van der Waals surface area contributed by atoms with Crippen LogP contribution >= 0.6 is 15.9 Å². The molecule has 1 rings (SSSR count). The lowest BCUT2D eigenvalue weighted by Gasteiger charge is -2.14. The van der Waals surface area contributed by atoms with Gasteiger partial charge >= 0.3 is 6.18 Å². The molecule has 0 aliphatic carbocycles. The number of benzene rings is 1. The third-order valence-corrected chi connectivity index (χ3v) is 4.22. The van der Waals surface area contributed by atoms with E-state index in [-0.39, 0.29) is 11.0 Å². The summed E-state index contributed by atoms with van der Waals surface area (Å²) in [7, 11) is -2.59. The molecule has 0 fully saturated rings. The van der Waals surface area contributed by atoms with Gasteiger partial charge in [-0.25, -0.2) is 13.1 Å². The van der Waals surface area contributed by atoms with Gasteiger partial charge in [-0.3, -0.25) is 0 Å². The van der Waals surface area contributed by atoms with Crippen LogP contribution in [0.3, 0.4) is 0 Å². The van der Waals surface area contributed by atoms with E-state index in [1.807, 2.05) is 0 Å². The van der Waals surface area contributed by atoms with Gasteiger partial charge in [-0.1, -0.05) is 15.9 Å². The summed E-state index contributed by atoms with van der Waals surface area (Å²) in [5.41, 5.74) is -1.20. The van der Waals surface area contributed by atoms with E-state index in [0.29, 0.717) is 6.54 Å². The van der Waals surface area contributed by atoms with Gasteiger partial charge in [0, 0.05) is 17.6 Å². The lowest BCUT2D eigenvalue weighted by atomic mass is 10.2. The van der Waals surface area contributed by atoms with Crippen LogP contribution < -0.4 is 10.0 Å². The first kappa shape index (κ1) is 16.4. The molecule has 1 aromatic rings. The van der Waals surface area contributed by atoms with Crippen LogP contribution in [0.4, 0.5) is 13.2 Å². The summed E-state index contributed by atoms with van der Waals surface area (Å²) in [6, 6.07) is 2.92. The minimum atomic E-state index is -4.74. The third-order valence-electron chi connectivity index (χ3n) is 2.20. The standard InChI is InChI=1S/C10H12BrF3N2O2S/c1-15-4-5-16-19(17,18)9-3-2-7(11)6-8(9)10(12,13)14/h2-3,6,15-16H,4-5H2,1H3. The monoisotopic (exact) mass is 360 g/mol. The molecule has 9 heteroatoms. The van der Waals surface area contributed by atoms with Gasteiger partial charge in [0.2, 0.25) is 10.0 Å². The Morgan fingerprint density at radius 1 is 1.26 bits per heavy atom. The fourth-order valence-electron chi connectivity index (χ4n) is 1.35. The highest BCUT2D eigenvalue weighted by Gasteiger charge is 2.37. The van der Waals surface area contributed by atoms with Gasteiger partial charge in [0.1, 0.15) is 0 Å². The molecule has 0 radical (unpaired) electrons. The molecule has 0 bridgehead atoms. The number of likely N-dealkylation sites (N-methyl/N-ethyl adjacent to an activating group) is 1. The van der Waals surface area contributed by atoms with Gasteiger partial charge in [-0.05, 0) is 25.2 Å². The molecule has 19 heavy (non-hydrogen) atoms. The fourth-order valence-corrected chi connectivity index (χ4v) is 2.94. The lowest BCUT2D eigenvalue weighted by Crippen LogP contribution is -2.31. The van der Waals surface area contributed by atoms with E-state index in [9.17, 15) is 21.6 Å². The average molecular weight is 361 g/mol. The number of rotatable bonds is 5. The highest BCUT2D eigenvalue weighted by molar-refractivity contribution is 9.10. The van der Waals surface area contributed by atoms with E-state index < -0.39 is 26.7 Å². The van der Waals surface area contributed by atoms with Crippen LogP contribution in [0.5, 0.6) is 0 Å². The van der Waals surface area contributed by atoms with E-state index in [4.69, 9.17) is 0 Å². The zero-order chi connectivity index (χ0) is 14.7. The van der Waals surface area contributed by atoms with Crippen LogP contribution in [0.1, 0.15) is 5.56 Å². The maximum atomic E-state index is 12.8. The number of alkyl halides is 3. The fraction of sp³-hybridized carbons (Fsp3) is 0.400. The minimum Gasteiger partial charge on any atom is -0.318 e. The summed E-state index contributed by atoms with van der Waals surface area (Å²) in [6.45, 7) is 0.323. The summed E-state index contributed by atoms with van der Waals surface area (Å²) in [5.74, 6) is 0. The maximum Gasteiger partial charge on any atom is 0.417 e. The first-order valence-electron chi connectivity index (χ1n) is 5.19. The Bertz CT molecular complexity index is 546. The highest BCUT2D eigenvalue weighted by atomic mass is 79.9. The molecule has 0 unspecified atom stereocenters. The van der Waals surface area contributed by atoms with Gasteiger partial charge in [-0.2, -0.15) is 13.2 Å². The van der Waals surface area contributed by atoms with Gasteiger partial charge in [0.25, 0.3) is 0 Å². The Balaban J connectivity index is 3.19. The molecule has 0 aromatic heterocycles. The van der Waals surface area contributed by atoms with Crippen LogP contribution in [0.15, 0.2) is 27.6 Å². The van der Waals surface area contributed by atoms with Crippen molar-refractivity contribution in [1.29, 1.82) is 0 Å². The summed E-state index contributed by atoms with van der Waals surface area (Å²) in [6.07, 6.45) is -4.74. The van der Waals surface area contributed by atoms with Crippen LogP contribution in [-0.2, 0) is 16.2 Å². The van der Waals surface area contributed by atoms with Crippen LogP contribution in [0.2, 0.25) is 0 Å². The number of sulfonamides is 1. The van der Waals surface area contributed by atoms with Crippen molar-refractivity contribution in [2.45, 2.75) is 11.1 Å². The minimum absolute atomic E-state index is 0.00615. The van der Waals surface area contributed by atoms with Gasteiger partial charge in [-0.15, -0.1) is 0 Å². The van der Waals surface area contributed by atoms with E-state index in [2.05, 4.69) is 26.0 Å². The first-order chi connectivity index (χ1) is 8.68. The van der Waals surface area contributed by atoms with Crippen LogP contribution in [0.25, 0.3) is 0 Å². The summed E-state index contributed by atoms with van der Waals surface area (Å²) in [4.78, 5) is -0.778. The van der Waals surface area contributed by atoms with E-state index in [1.54, 1.807) is 7.05 Å². The maximum absolute atomic E-state index is 12.8. The van der Waals surface area contributed by atoms with E-state index in [0.717, 1.165) is 12.1 Å². The molecular formula is C10H12BrF3N2O2S.